The van der Waals surface area contributed by atoms with Crippen LogP contribution < -0.4 is 5.32 Å². The fraction of sp³-hybridized carbons (Fsp3) is 0.650. The van der Waals surface area contributed by atoms with Crippen molar-refractivity contribution in [3.05, 3.63) is 71.3 Å². The molecular formula is C40H63NO13. The van der Waals surface area contributed by atoms with Crippen molar-refractivity contribution in [3.8, 4) is 0 Å². The number of rotatable bonds is 24. The van der Waals surface area contributed by atoms with Gasteiger partial charge in [0.05, 0.1) is 25.2 Å². The molecule has 0 bridgehead atoms. The molecule has 0 amide bonds. The number of carboxylic acid groups (broad SMARTS) is 1. The third-order valence-electron chi connectivity index (χ3n) is 9.55. The van der Waals surface area contributed by atoms with Crippen molar-refractivity contribution in [1.82, 2.24) is 5.32 Å². The Balaban J connectivity index is 0.000000442. The molecule has 0 saturated carbocycles. The highest BCUT2D eigenvalue weighted by molar-refractivity contribution is 6.09. The van der Waals surface area contributed by atoms with E-state index in [-0.39, 0.29) is 12.3 Å². The van der Waals surface area contributed by atoms with Crippen LogP contribution >= 0.6 is 0 Å². The molecule has 0 spiro atoms. The molecule has 0 aliphatic carbocycles. The molecule has 0 radical (unpaired) electrons. The molecule has 0 aromatic heterocycles. The first-order chi connectivity index (χ1) is 25.9. The van der Waals surface area contributed by atoms with E-state index in [4.69, 9.17) is 14.6 Å². The van der Waals surface area contributed by atoms with Crippen LogP contribution in [0.5, 0.6) is 0 Å². The molecule has 1 unspecified atom stereocenters. The van der Waals surface area contributed by atoms with Gasteiger partial charge in [-0.1, -0.05) is 113 Å². The van der Waals surface area contributed by atoms with Gasteiger partial charge in [-0.2, -0.15) is 0 Å². The van der Waals surface area contributed by atoms with Gasteiger partial charge in [0, 0.05) is 17.7 Å². The Morgan fingerprint density at radius 3 is 1.94 bits per heavy atom. The Kier molecular flexibility index (Phi) is 22.8. The second-order valence-electron chi connectivity index (χ2n) is 13.9. The fourth-order valence-electron chi connectivity index (χ4n) is 6.01. The fourth-order valence-corrected chi connectivity index (χ4v) is 6.01. The van der Waals surface area contributed by atoms with Crippen LogP contribution in [0.4, 0.5) is 0 Å². The molecule has 14 nitrogen and oxygen atoms in total. The maximum Gasteiger partial charge on any atom is 0.310 e. The molecule has 10 N–H and O–H groups in total. The molecule has 14 heteroatoms. The average molecular weight is 766 g/mol. The van der Waals surface area contributed by atoms with Gasteiger partial charge in [-0.05, 0) is 31.5 Å². The zero-order valence-electron chi connectivity index (χ0n) is 31.5. The predicted molar refractivity (Wildman–Crippen MR) is 201 cm³/mol. The van der Waals surface area contributed by atoms with Crippen molar-refractivity contribution < 1.29 is 65.0 Å². The number of hydrogen-bond donors (Lipinski definition) is 10. The average Bonchev–Trinajstić information content (AvgIpc) is 3.19. The molecule has 10 atom stereocenters. The van der Waals surface area contributed by atoms with E-state index in [1.807, 2.05) is 6.07 Å². The zero-order chi connectivity index (χ0) is 40.0. The number of carbonyl (C=O) groups is 2. The summed E-state index contributed by atoms with van der Waals surface area (Å²) < 4.78 is 10.6. The van der Waals surface area contributed by atoms with Crippen molar-refractivity contribution >= 4 is 11.8 Å². The van der Waals surface area contributed by atoms with Crippen molar-refractivity contribution in [2.45, 2.75) is 139 Å². The summed E-state index contributed by atoms with van der Waals surface area (Å²) >= 11 is 0. The summed E-state index contributed by atoms with van der Waals surface area (Å²) in [4.78, 5) is 23.2. The molecule has 3 rings (SSSR count). The number of carbonyl (C=O) groups excluding carboxylic acids is 1. The van der Waals surface area contributed by atoms with Crippen LogP contribution in [-0.4, -0.2) is 139 Å². The number of ketones is 1. The highest BCUT2D eigenvalue weighted by atomic mass is 16.7. The number of hydrogen-bond acceptors (Lipinski definition) is 13. The molecule has 54 heavy (non-hydrogen) atoms. The molecule has 2 aromatic carbocycles. The third-order valence-corrected chi connectivity index (χ3v) is 9.55. The maximum atomic E-state index is 12.2. The molecule has 1 aliphatic rings. The summed E-state index contributed by atoms with van der Waals surface area (Å²) in [6.07, 6.45) is -2.07. The minimum atomic E-state index is -1.75. The van der Waals surface area contributed by atoms with E-state index >= 15 is 0 Å². The van der Waals surface area contributed by atoms with Crippen LogP contribution in [0.25, 0.3) is 0 Å². The quantitative estimate of drug-likeness (QED) is 0.0542. The van der Waals surface area contributed by atoms with Crippen molar-refractivity contribution in [1.29, 1.82) is 0 Å². The Bertz CT molecular complexity index is 1320. The Labute approximate surface area is 318 Å². The largest absolute Gasteiger partial charge is 0.481 e. The van der Waals surface area contributed by atoms with E-state index in [1.54, 1.807) is 55.5 Å². The standard InChI is InChI=1S/C24H49NO10.C16H14O3/c1-2-3-4-5-6-7-8-9-10-11-12-25-13-16(28)19(30)23(17(29)14-26)35-24-22(33)21(32)20(31)18(15-27)34-24;1-11(16(18)19)13-8-5-9-14(10-13)15(17)12-6-3-2-4-7-12/h16-33H,2-15H2,1H3;2-11H,1H3,(H,18,19)/t16-,17+,18+,19+,20-,21-,22+,23+,24-;/m0./s1. The van der Waals surface area contributed by atoms with E-state index in [0.717, 1.165) is 19.3 Å². The van der Waals surface area contributed by atoms with Gasteiger partial charge in [0.1, 0.15) is 42.7 Å². The summed E-state index contributed by atoms with van der Waals surface area (Å²) in [7, 11) is 0. The van der Waals surface area contributed by atoms with Gasteiger partial charge in [-0.15, -0.1) is 0 Å². The first kappa shape index (κ1) is 47.3. The Morgan fingerprint density at radius 1 is 0.778 bits per heavy atom. The van der Waals surface area contributed by atoms with Gasteiger partial charge in [-0.25, -0.2) is 0 Å². The topological polar surface area (TPSA) is 247 Å². The zero-order valence-corrected chi connectivity index (χ0v) is 31.5. The van der Waals surface area contributed by atoms with Gasteiger partial charge in [0.2, 0.25) is 0 Å². The first-order valence-electron chi connectivity index (χ1n) is 19.1. The number of unbranched alkanes of at least 4 members (excludes halogenated alkanes) is 9. The van der Waals surface area contributed by atoms with E-state index in [1.165, 1.54) is 44.9 Å². The van der Waals surface area contributed by atoms with Crippen molar-refractivity contribution in [2.75, 3.05) is 26.3 Å². The van der Waals surface area contributed by atoms with Crippen LogP contribution in [0.15, 0.2) is 54.6 Å². The SMILES string of the molecule is CC(C(=O)O)c1cccc(C(=O)c2ccccc2)c1.CCCCCCCCCCCCNC[C@H](O)[C@@H](O)[C@H](O[C@@H]1O[C@H](CO)[C@H](O)[C@H](O)[C@H]1O)[C@H](O)CO. The number of nitrogens with one attached hydrogen (secondary N) is 1. The van der Waals surface area contributed by atoms with Gasteiger partial charge in [-0.3, -0.25) is 9.59 Å². The van der Waals surface area contributed by atoms with Crippen molar-refractivity contribution in [2.24, 2.45) is 0 Å². The highest BCUT2D eigenvalue weighted by Crippen LogP contribution is 2.25. The summed E-state index contributed by atoms with van der Waals surface area (Å²) in [6.45, 7) is 2.98. The predicted octanol–water partition coefficient (Wildman–Crippen LogP) is 1.86. The minimum absolute atomic E-state index is 0.00524. The first-order valence-corrected chi connectivity index (χ1v) is 19.1. The monoisotopic (exact) mass is 765 g/mol. The second-order valence-corrected chi connectivity index (χ2v) is 13.9. The lowest BCUT2D eigenvalue weighted by atomic mass is 9.96. The number of carboxylic acids is 1. The summed E-state index contributed by atoms with van der Waals surface area (Å²) in [5.41, 5.74) is 1.74. The second kappa shape index (κ2) is 26.1. The van der Waals surface area contributed by atoms with Gasteiger partial charge in [0.15, 0.2) is 12.1 Å². The highest BCUT2D eigenvalue weighted by Gasteiger charge is 2.46. The number of aliphatic hydroxyl groups excluding tert-OH is 8. The number of aliphatic hydroxyl groups is 8. The molecular weight excluding hydrogens is 702 g/mol. The molecule has 1 heterocycles. The molecule has 1 saturated heterocycles. The van der Waals surface area contributed by atoms with Crippen molar-refractivity contribution in [3.63, 3.8) is 0 Å². The van der Waals surface area contributed by atoms with Crippen LogP contribution in [0.2, 0.25) is 0 Å². The van der Waals surface area contributed by atoms with Gasteiger partial charge >= 0.3 is 5.97 Å². The Hall–Kier alpha value is -2.86. The lowest BCUT2D eigenvalue weighted by Crippen LogP contribution is -2.61. The molecule has 1 fully saturated rings. The lowest BCUT2D eigenvalue weighted by Gasteiger charge is -2.42. The molecule has 306 valence electrons. The maximum absolute atomic E-state index is 12.2. The number of benzene rings is 2. The Morgan fingerprint density at radius 2 is 1.37 bits per heavy atom. The minimum Gasteiger partial charge on any atom is -0.481 e. The van der Waals surface area contributed by atoms with E-state index in [9.17, 15) is 50.4 Å². The van der Waals surface area contributed by atoms with Gasteiger partial charge < -0.3 is 60.7 Å². The van der Waals surface area contributed by atoms with Crippen LogP contribution in [0.3, 0.4) is 0 Å². The number of ether oxygens (including phenoxy) is 2. The number of aliphatic carboxylic acids is 1. The van der Waals surface area contributed by atoms with E-state index < -0.39 is 80.2 Å². The summed E-state index contributed by atoms with van der Waals surface area (Å²) in [5, 5.41) is 91.6. The van der Waals surface area contributed by atoms with Crippen LogP contribution in [-0.2, 0) is 14.3 Å². The summed E-state index contributed by atoms with van der Waals surface area (Å²) in [5.74, 6) is -1.62. The van der Waals surface area contributed by atoms with E-state index in [0.29, 0.717) is 23.2 Å². The smallest absolute Gasteiger partial charge is 0.310 e. The third kappa shape index (κ3) is 15.7. The molecule has 2 aromatic rings. The molecule has 1 aliphatic heterocycles. The normalized spacial score (nSPS) is 22.7. The van der Waals surface area contributed by atoms with Gasteiger partial charge in [0.25, 0.3) is 0 Å². The van der Waals surface area contributed by atoms with Crippen LogP contribution in [0.1, 0.15) is 105 Å². The van der Waals surface area contributed by atoms with Crippen LogP contribution in [0, 0.1) is 0 Å². The van der Waals surface area contributed by atoms with E-state index in [2.05, 4.69) is 12.2 Å². The summed E-state index contributed by atoms with van der Waals surface area (Å²) in [6, 6.07) is 15.7. The lowest BCUT2D eigenvalue weighted by molar-refractivity contribution is -0.327.